The highest BCUT2D eigenvalue weighted by atomic mass is 19.1. The molecule has 128 valence electrons. The predicted molar refractivity (Wildman–Crippen MR) is 94.4 cm³/mol. The van der Waals surface area contributed by atoms with E-state index in [0.29, 0.717) is 24.9 Å². The van der Waals surface area contributed by atoms with E-state index in [2.05, 4.69) is 25.8 Å². The number of aromatic nitrogens is 3. The Morgan fingerprint density at radius 3 is 2.68 bits per heavy atom. The number of rotatable bonds is 7. The molecule has 0 aliphatic heterocycles. The van der Waals surface area contributed by atoms with Crippen LogP contribution in [-0.2, 0) is 6.54 Å². The fourth-order valence-electron chi connectivity index (χ4n) is 2.21. The highest BCUT2D eigenvalue weighted by Gasteiger charge is 2.06. The van der Waals surface area contributed by atoms with Crippen LogP contribution in [0.2, 0.25) is 0 Å². The lowest BCUT2D eigenvalue weighted by Gasteiger charge is -2.12. The van der Waals surface area contributed by atoms with Gasteiger partial charge in [0.15, 0.2) is 5.82 Å². The van der Waals surface area contributed by atoms with Gasteiger partial charge in [0.1, 0.15) is 11.6 Å². The van der Waals surface area contributed by atoms with Gasteiger partial charge < -0.3 is 15.4 Å². The van der Waals surface area contributed by atoms with Crippen LogP contribution in [-0.4, -0.2) is 21.8 Å². The van der Waals surface area contributed by atoms with Gasteiger partial charge in [0.05, 0.1) is 18.5 Å². The third kappa shape index (κ3) is 4.63. The van der Waals surface area contributed by atoms with Gasteiger partial charge in [0.2, 0.25) is 5.95 Å². The molecule has 3 aromatic rings. The lowest BCUT2D eigenvalue weighted by atomic mass is 10.2. The van der Waals surface area contributed by atoms with E-state index in [1.54, 1.807) is 12.1 Å². The topological polar surface area (TPSA) is 72.0 Å². The predicted octanol–water partition coefficient (Wildman–Crippen LogP) is 3.77. The number of anilines is 3. The summed E-state index contributed by atoms with van der Waals surface area (Å²) in [4.78, 5) is 4.38. The fraction of sp³-hybridized carbons (Fsp3) is 0.167. The molecule has 7 heteroatoms. The van der Waals surface area contributed by atoms with Gasteiger partial charge in [-0.15, -0.1) is 5.10 Å². The van der Waals surface area contributed by atoms with Crippen molar-refractivity contribution in [1.82, 2.24) is 15.2 Å². The van der Waals surface area contributed by atoms with Crippen molar-refractivity contribution in [3.63, 3.8) is 0 Å². The number of hydrogen-bond acceptors (Lipinski definition) is 6. The lowest BCUT2D eigenvalue weighted by Crippen LogP contribution is -2.07. The maximum Gasteiger partial charge on any atom is 0.244 e. The summed E-state index contributed by atoms with van der Waals surface area (Å²) < 4.78 is 18.5. The molecule has 1 heterocycles. The van der Waals surface area contributed by atoms with Crippen LogP contribution in [0.25, 0.3) is 0 Å². The Kier molecular flexibility index (Phi) is 5.36. The maximum absolute atomic E-state index is 12.9. The molecule has 1 aromatic heterocycles. The van der Waals surface area contributed by atoms with E-state index in [9.17, 15) is 4.39 Å². The summed E-state index contributed by atoms with van der Waals surface area (Å²) in [5, 5.41) is 14.1. The van der Waals surface area contributed by atoms with Crippen molar-refractivity contribution in [3.8, 4) is 5.75 Å². The molecule has 0 spiro atoms. The number of hydrogen-bond donors (Lipinski definition) is 2. The minimum Gasteiger partial charge on any atom is -0.492 e. The molecule has 3 rings (SSSR count). The first kappa shape index (κ1) is 16.6. The van der Waals surface area contributed by atoms with Crippen LogP contribution in [0.3, 0.4) is 0 Å². The lowest BCUT2D eigenvalue weighted by molar-refractivity contribution is 0.342. The SMILES string of the molecule is CCOc1ccccc1Nc1cnnc(NCc2ccc(F)cc2)n1. The normalized spacial score (nSPS) is 10.3. The summed E-state index contributed by atoms with van der Waals surface area (Å²) in [6, 6.07) is 13.8. The van der Waals surface area contributed by atoms with E-state index in [-0.39, 0.29) is 5.82 Å². The molecular weight excluding hydrogens is 321 g/mol. The van der Waals surface area contributed by atoms with Crippen molar-refractivity contribution in [2.75, 3.05) is 17.2 Å². The van der Waals surface area contributed by atoms with Gasteiger partial charge in [0.25, 0.3) is 0 Å². The van der Waals surface area contributed by atoms with E-state index >= 15 is 0 Å². The van der Waals surface area contributed by atoms with Gasteiger partial charge in [-0.3, -0.25) is 0 Å². The minimum absolute atomic E-state index is 0.263. The Morgan fingerprint density at radius 1 is 1.08 bits per heavy atom. The summed E-state index contributed by atoms with van der Waals surface area (Å²) in [5.41, 5.74) is 1.72. The Hall–Kier alpha value is -3.22. The molecule has 0 unspecified atom stereocenters. The molecule has 6 nitrogen and oxygen atoms in total. The van der Waals surface area contributed by atoms with E-state index in [1.807, 2.05) is 31.2 Å². The van der Waals surface area contributed by atoms with Gasteiger partial charge >= 0.3 is 0 Å². The van der Waals surface area contributed by atoms with Gasteiger partial charge in [0, 0.05) is 6.54 Å². The van der Waals surface area contributed by atoms with Gasteiger partial charge in [-0.1, -0.05) is 24.3 Å². The molecule has 0 radical (unpaired) electrons. The first-order valence-electron chi connectivity index (χ1n) is 7.91. The average Bonchev–Trinajstić information content (AvgIpc) is 2.63. The van der Waals surface area contributed by atoms with Crippen LogP contribution in [0.15, 0.2) is 54.7 Å². The number of halogens is 1. The molecule has 25 heavy (non-hydrogen) atoms. The van der Waals surface area contributed by atoms with E-state index in [1.165, 1.54) is 18.3 Å². The van der Waals surface area contributed by atoms with Crippen molar-refractivity contribution in [3.05, 3.63) is 66.1 Å². The zero-order valence-corrected chi connectivity index (χ0v) is 13.7. The molecule has 0 atom stereocenters. The van der Waals surface area contributed by atoms with Crippen LogP contribution in [0.4, 0.5) is 21.8 Å². The third-order valence-corrected chi connectivity index (χ3v) is 3.37. The first-order valence-corrected chi connectivity index (χ1v) is 7.91. The molecule has 2 N–H and O–H groups in total. The van der Waals surface area contributed by atoms with E-state index in [4.69, 9.17) is 4.74 Å². The molecular formula is C18H18FN5O. The van der Waals surface area contributed by atoms with Crippen LogP contribution in [0.1, 0.15) is 12.5 Å². The number of nitrogens with zero attached hydrogens (tertiary/aromatic N) is 3. The van der Waals surface area contributed by atoms with Crippen molar-refractivity contribution in [1.29, 1.82) is 0 Å². The average molecular weight is 339 g/mol. The summed E-state index contributed by atoms with van der Waals surface area (Å²) in [5.74, 6) is 1.40. The molecule has 0 saturated heterocycles. The van der Waals surface area contributed by atoms with Crippen LogP contribution in [0, 0.1) is 5.82 Å². The fourth-order valence-corrected chi connectivity index (χ4v) is 2.21. The van der Waals surface area contributed by atoms with Gasteiger partial charge in [-0.25, -0.2) is 4.39 Å². The number of benzene rings is 2. The molecule has 0 fully saturated rings. The second-order valence-corrected chi connectivity index (χ2v) is 5.20. The third-order valence-electron chi connectivity index (χ3n) is 3.37. The summed E-state index contributed by atoms with van der Waals surface area (Å²) in [7, 11) is 0. The smallest absolute Gasteiger partial charge is 0.244 e. The first-order chi connectivity index (χ1) is 12.2. The van der Waals surface area contributed by atoms with Gasteiger partial charge in [-0.05, 0) is 36.8 Å². The zero-order valence-electron chi connectivity index (χ0n) is 13.7. The summed E-state index contributed by atoms with van der Waals surface area (Å²) in [6.45, 7) is 2.98. The monoisotopic (exact) mass is 339 g/mol. The standard InChI is InChI=1S/C18H18FN5O/c1-2-25-16-6-4-3-5-15(16)22-17-12-21-24-18(23-17)20-11-13-7-9-14(19)10-8-13/h3-10,12H,2,11H2,1H3,(H2,20,22,23,24). The second kappa shape index (κ2) is 8.05. The summed E-state index contributed by atoms with van der Waals surface area (Å²) >= 11 is 0. The molecule has 0 amide bonds. The Morgan fingerprint density at radius 2 is 1.88 bits per heavy atom. The van der Waals surface area contributed by atoms with Crippen molar-refractivity contribution >= 4 is 17.5 Å². The quantitative estimate of drug-likeness (QED) is 0.683. The summed E-state index contributed by atoms with van der Waals surface area (Å²) in [6.07, 6.45) is 1.53. The van der Waals surface area contributed by atoms with E-state index < -0.39 is 0 Å². The number of para-hydroxylation sites is 2. The molecule has 2 aromatic carbocycles. The molecule has 0 aliphatic carbocycles. The Bertz CT molecular complexity index is 826. The molecule has 0 aliphatic rings. The zero-order chi connectivity index (χ0) is 17.5. The van der Waals surface area contributed by atoms with Crippen molar-refractivity contribution < 1.29 is 9.13 Å². The molecule has 0 saturated carbocycles. The largest absolute Gasteiger partial charge is 0.492 e. The highest BCUT2D eigenvalue weighted by Crippen LogP contribution is 2.26. The van der Waals surface area contributed by atoms with Crippen LogP contribution < -0.4 is 15.4 Å². The minimum atomic E-state index is -0.263. The number of nitrogens with one attached hydrogen (secondary N) is 2. The second-order valence-electron chi connectivity index (χ2n) is 5.20. The van der Waals surface area contributed by atoms with Crippen molar-refractivity contribution in [2.45, 2.75) is 13.5 Å². The molecule has 0 bridgehead atoms. The Balaban J connectivity index is 1.68. The van der Waals surface area contributed by atoms with Crippen LogP contribution >= 0.6 is 0 Å². The van der Waals surface area contributed by atoms with Crippen molar-refractivity contribution in [2.24, 2.45) is 0 Å². The van der Waals surface area contributed by atoms with Gasteiger partial charge in [-0.2, -0.15) is 10.1 Å². The Labute approximate surface area is 145 Å². The highest BCUT2D eigenvalue weighted by molar-refractivity contribution is 5.63. The van der Waals surface area contributed by atoms with E-state index in [0.717, 1.165) is 17.0 Å². The number of ether oxygens (including phenoxy) is 1. The van der Waals surface area contributed by atoms with Crippen LogP contribution in [0.5, 0.6) is 5.75 Å². The maximum atomic E-state index is 12.9.